The third-order valence-corrected chi connectivity index (χ3v) is 8.70. The summed E-state index contributed by atoms with van der Waals surface area (Å²) in [5, 5.41) is 9.69. The second-order valence-electron chi connectivity index (χ2n) is 9.62. The van der Waals surface area contributed by atoms with Crippen molar-refractivity contribution < 1.29 is 23.7 Å². The van der Waals surface area contributed by atoms with Crippen molar-refractivity contribution in [2.45, 2.75) is 26.5 Å². The molecule has 2 heterocycles. The van der Waals surface area contributed by atoms with E-state index in [2.05, 4.69) is 27.0 Å². The average molecular weight is 709 g/mol. The first kappa shape index (κ1) is 32.0. The molecule has 1 atom stereocenters. The van der Waals surface area contributed by atoms with E-state index in [1.807, 2.05) is 26.0 Å². The molecule has 0 saturated heterocycles. The maximum atomic E-state index is 13.9. The largest absolute Gasteiger partial charge is 0.490 e. The molecule has 1 aliphatic heterocycles. The number of ether oxygens (including phenoxy) is 4. The van der Waals surface area contributed by atoms with E-state index in [0.717, 1.165) is 5.56 Å². The van der Waals surface area contributed by atoms with Crippen molar-refractivity contribution in [1.82, 2.24) is 4.57 Å². The molecule has 0 N–H and O–H groups in total. The summed E-state index contributed by atoms with van der Waals surface area (Å²) in [6.07, 6.45) is 3.14. The predicted octanol–water partition coefficient (Wildman–Crippen LogP) is 5.68. The van der Waals surface area contributed by atoms with Gasteiger partial charge in [0.25, 0.3) is 5.56 Å². The Balaban J connectivity index is 1.54. The topological polar surface area (TPSA) is 112 Å². The Labute approximate surface area is 276 Å². The number of carbonyl (C=O) groups is 1. The van der Waals surface area contributed by atoms with E-state index in [0.29, 0.717) is 66.0 Å². The Kier molecular flexibility index (Phi) is 10.1. The smallest absolute Gasteiger partial charge is 0.337 e. The molecule has 45 heavy (non-hydrogen) atoms. The SMILES string of the molecule is CCOc1ccc([C@H]2C(C(=O)OC)=CN=c3s/c(=C\c4cc(Cl)c(OCc5ccccc5C#N)c(Br)c4)c(=O)n32)cc1OCC. The lowest BCUT2D eigenvalue weighted by Gasteiger charge is -2.23. The molecule has 5 rings (SSSR count). The van der Waals surface area contributed by atoms with E-state index < -0.39 is 12.0 Å². The van der Waals surface area contributed by atoms with Gasteiger partial charge in [-0.25, -0.2) is 9.79 Å². The van der Waals surface area contributed by atoms with Crippen molar-refractivity contribution in [1.29, 1.82) is 5.26 Å². The summed E-state index contributed by atoms with van der Waals surface area (Å²) in [5.41, 5.74) is 2.38. The molecule has 9 nitrogen and oxygen atoms in total. The first-order chi connectivity index (χ1) is 21.8. The monoisotopic (exact) mass is 707 g/mol. The maximum absolute atomic E-state index is 13.9. The van der Waals surface area contributed by atoms with Crippen molar-refractivity contribution in [3.05, 3.63) is 118 Å². The molecule has 0 spiro atoms. The number of nitriles is 1. The van der Waals surface area contributed by atoms with E-state index in [-0.39, 0.29) is 17.7 Å². The van der Waals surface area contributed by atoms with E-state index >= 15 is 0 Å². The van der Waals surface area contributed by atoms with Crippen LogP contribution in [0.25, 0.3) is 6.08 Å². The molecule has 4 aromatic rings. The number of carbonyl (C=O) groups excluding carboxylic acids is 1. The highest BCUT2D eigenvalue weighted by atomic mass is 79.9. The number of nitrogens with zero attached hydrogens (tertiary/aromatic N) is 3. The Hall–Kier alpha value is -4.37. The van der Waals surface area contributed by atoms with Gasteiger partial charge < -0.3 is 18.9 Å². The predicted molar refractivity (Wildman–Crippen MR) is 175 cm³/mol. The number of esters is 1. The molecule has 3 aromatic carbocycles. The summed E-state index contributed by atoms with van der Waals surface area (Å²) in [7, 11) is 1.28. The first-order valence-corrected chi connectivity index (χ1v) is 15.9. The van der Waals surface area contributed by atoms with E-state index in [1.165, 1.54) is 29.2 Å². The van der Waals surface area contributed by atoms with Crippen LogP contribution in [0.3, 0.4) is 0 Å². The lowest BCUT2D eigenvalue weighted by atomic mass is 9.97. The third-order valence-electron chi connectivity index (χ3n) is 6.84. The fourth-order valence-corrected chi connectivity index (χ4v) is 6.80. The van der Waals surface area contributed by atoms with Gasteiger partial charge in [-0.05, 0) is 77.3 Å². The van der Waals surface area contributed by atoms with Crippen molar-refractivity contribution in [2.75, 3.05) is 20.3 Å². The Morgan fingerprint density at radius 1 is 1.11 bits per heavy atom. The number of benzene rings is 3. The highest BCUT2D eigenvalue weighted by Gasteiger charge is 2.31. The van der Waals surface area contributed by atoms with Gasteiger partial charge >= 0.3 is 5.97 Å². The highest BCUT2D eigenvalue weighted by molar-refractivity contribution is 9.10. The second kappa shape index (κ2) is 14.2. The summed E-state index contributed by atoms with van der Waals surface area (Å²) in [4.78, 5) is 31.7. The minimum Gasteiger partial charge on any atom is -0.490 e. The summed E-state index contributed by atoms with van der Waals surface area (Å²) in [5.74, 6) is 0.862. The zero-order valence-electron chi connectivity index (χ0n) is 24.5. The van der Waals surface area contributed by atoms with E-state index in [4.69, 9.17) is 30.5 Å². The maximum Gasteiger partial charge on any atom is 0.337 e. The molecule has 0 radical (unpaired) electrons. The van der Waals surface area contributed by atoms with Crippen molar-refractivity contribution in [2.24, 2.45) is 4.99 Å². The Morgan fingerprint density at radius 3 is 2.58 bits per heavy atom. The van der Waals surface area contributed by atoms with Crippen LogP contribution in [0.2, 0.25) is 5.02 Å². The minimum absolute atomic E-state index is 0.152. The normalized spacial score (nSPS) is 14.1. The molecule has 0 unspecified atom stereocenters. The van der Waals surface area contributed by atoms with Crippen LogP contribution < -0.4 is 29.1 Å². The van der Waals surface area contributed by atoms with Crippen molar-refractivity contribution in [3.63, 3.8) is 0 Å². The number of halogens is 2. The number of fused-ring (bicyclic) bond motifs is 1. The lowest BCUT2D eigenvalue weighted by molar-refractivity contribution is -0.136. The molecular formula is C33H27BrClN3O6S. The number of thiazole rings is 1. The van der Waals surface area contributed by atoms with Gasteiger partial charge in [-0.3, -0.25) is 9.36 Å². The van der Waals surface area contributed by atoms with Crippen molar-refractivity contribution in [3.8, 4) is 23.3 Å². The number of hydrogen-bond acceptors (Lipinski definition) is 9. The van der Waals surface area contributed by atoms with Crippen LogP contribution in [0.5, 0.6) is 17.2 Å². The van der Waals surface area contributed by atoms with Crippen LogP contribution in [0, 0.1) is 11.3 Å². The Bertz CT molecular complexity index is 2010. The van der Waals surface area contributed by atoms with Crippen LogP contribution in [0.4, 0.5) is 0 Å². The molecule has 0 amide bonds. The van der Waals surface area contributed by atoms with Crippen LogP contribution in [0.1, 0.15) is 42.1 Å². The van der Waals surface area contributed by atoms with Gasteiger partial charge in [0.15, 0.2) is 22.0 Å². The molecule has 1 aromatic heterocycles. The average Bonchev–Trinajstić information content (AvgIpc) is 3.35. The zero-order valence-corrected chi connectivity index (χ0v) is 27.7. The summed E-state index contributed by atoms with van der Waals surface area (Å²) in [6, 6.07) is 17.3. The van der Waals surface area contributed by atoms with Gasteiger partial charge in [-0.1, -0.05) is 47.2 Å². The molecular weight excluding hydrogens is 682 g/mol. The molecule has 12 heteroatoms. The van der Waals surface area contributed by atoms with Crippen LogP contribution >= 0.6 is 38.9 Å². The zero-order chi connectivity index (χ0) is 32.1. The lowest BCUT2D eigenvalue weighted by Crippen LogP contribution is -2.39. The van der Waals surface area contributed by atoms with Crippen molar-refractivity contribution >= 4 is 50.9 Å². The second-order valence-corrected chi connectivity index (χ2v) is 11.9. The molecule has 0 bridgehead atoms. The van der Waals surface area contributed by atoms with Gasteiger partial charge in [0.2, 0.25) is 0 Å². The quantitative estimate of drug-likeness (QED) is 0.195. The minimum atomic E-state index is -0.812. The number of aromatic nitrogens is 1. The van der Waals surface area contributed by atoms with Gasteiger partial charge in [-0.15, -0.1) is 0 Å². The molecule has 1 aliphatic rings. The van der Waals surface area contributed by atoms with Crippen LogP contribution in [-0.4, -0.2) is 30.9 Å². The number of rotatable bonds is 10. The first-order valence-electron chi connectivity index (χ1n) is 13.9. The van der Waals surface area contributed by atoms with Crippen LogP contribution in [-0.2, 0) is 16.1 Å². The third kappa shape index (κ3) is 6.68. The molecule has 0 aliphatic carbocycles. The van der Waals surface area contributed by atoms with Gasteiger partial charge in [0.05, 0.1) is 57.6 Å². The Morgan fingerprint density at radius 2 is 1.87 bits per heavy atom. The fourth-order valence-electron chi connectivity index (χ4n) is 4.84. The van der Waals surface area contributed by atoms with E-state index in [1.54, 1.807) is 48.5 Å². The molecule has 0 fully saturated rings. The molecule has 0 saturated carbocycles. The van der Waals surface area contributed by atoms with Gasteiger partial charge in [0, 0.05) is 11.8 Å². The van der Waals surface area contributed by atoms with Gasteiger partial charge in [0.1, 0.15) is 6.61 Å². The standard InChI is InChI=1S/C33H27BrClN3O6S/c1-4-42-26-11-10-20(15-27(26)43-5-2)29-23(32(40)41-3)17-37-33-38(29)31(39)28(45-33)14-19-12-24(34)30(25(35)13-19)44-18-22-9-7-6-8-21(22)16-36/h6-15,17,29H,4-5,18H2,1-3H3/b28-14-/t29-/m0/s1. The highest BCUT2D eigenvalue weighted by Crippen LogP contribution is 2.36. The van der Waals surface area contributed by atoms with E-state index in [9.17, 15) is 14.9 Å². The number of methoxy groups -OCH3 is 1. The molecule has 230 valence electrons. The summed E-state index contributed by atoms with van der Waals surface area (Å²) < 4.78 is 25.0. The fraction of sp³-hybridized carbons (Fsp3) is 0.212. The van der Waals surface area contributed by atoms with Gasteiger partial charge in [-0.2, -0.15) is 5.26 Å². The summed E-state index contributed by atoms with van der Waals surface area (Å²) >= 11 is 11.3. The van der Waals surface area contributed by atoms with Crippen LogP contribution in [0.15, 0.2) is 80.6 Å². The summed E-state index contributed by atoms with van der Waals surface area (Å²) in [6.45, 7) is 4.75. The number of hydrogen-bond donors (Lipinski definition) is 0.